The molecule has 0 unspecified atom stereocenters. The van der Waals surface area contributed by atoms with Crippen LogP contribution < -0.4 is 18.9 Å². The predicted octanol–water partition coefficient (Wildman–Crippen LogP) is 7.26. The molecule has 0 aliphatic rings. The number of Topliss-reactive ketones (excluding diaryl/α,β-unsaturated/α-hetero) is 1. The number of rotatable bonds is 10. The Bertz CT molecular complexity index is 1970. The van der Waals surface area contributed by atoms with Crippen molar-refractivity contribution in [1.82, 2.24) is 14.6 Å². The van der Waals surface area contributed by atoms with Crippen LogP contribution in [0.2, 0.25) is 0 Å². The fourth-order valence-corrected chi connectivity index (χ4v) is 5.22. The number of carbonyl (C=O) groups excluding carboxylic acids is 1. The lowest BCUT2D eigenvalue weighted by Gasteiger charge is -2.11. The highest BCUT2D eigenvalue weighted by Crippen LogP contribution is 2.37. The van der Waals surface area contributed by atoms with Gasteiger partial charge in [0.05, 0.1) is 25.8 Å². The third-order valence-corrected chi connectivity index (χ3v) is 7.32. The number of nitrogens with zero attached hydrogens (tertiary/aromatic N) is 3. The Balaban J connectivity index is 1.20. The van der Waals surface area contributed by atoms with Gasteiger partial charge in [-0.15, -0.1) is 18.3 Å². The van der Waals surface area contributed by atoms with Gasteiger partial charge in [-0.1, -0.05) is 24.3 Å². The van der Waals surface area contributed by atoms with Crippen molar-refractivity contribution < 1.29 is 45.7 Å². The summed E-state index contributed by atoms with van der Waals surface area (Å²) in [6.07, 6.45) is -3.47. The van der Waals surface area contributed by atoms with E-state index in [1.165, 1.54) is 25.6 Å². The molecular weight excluding hydrogens is 606 g/mol. The van der Waals surface area contributed by atoms with Crippen molar-refractivity contribution in [2.24, 2.45) is 0 Å². The normalized spacial score (nSPS) is 11.7. The highest BCUT2D eigenvalue weighted by molar-refractivity contribution is 7.18. The van der Waals surface area contributed by atoms with E-state index in [1.54, 1.807) is 53.2 Å². The second kappa shape index (κ2) is 11.5. The first-order valence-corrected chi connectivity index (χ1v) is 13.7. The van der Waals surface area contributed by atoms with Crippen LogP contribution in [0.25, 0.3) is 27.4 Å². The third kappa shape index (κ3) is 6.29. The van der Waals surface area contributed by atoms with E-state index < -0.39 is 23.7 Å². The molecule has 0 saturated heterocycles. The van der Waals surface area contributed by atoms with Gasteiger partial charge < -0.3 is 23.4 Å². The van der Waals surface area contributed by atoms with Crippen LogP contribution in [0.15, 0.2) is 71.3 Å². The summed E-state index contributed by atoms with van der Waals surface area (Å²) in [7, 11) is 3.06. The third-order valence-electron chi connectivity index (χ3n) is 6.44. The van der Waals surface area contributed by atoms with Crippen LogP contribution in [0.5, 0.6) is 22.4 Å². The first-order chi connectivity index (χ1) is 21.1. The SMILES string of the molecule is COc1cc(OCc2cccc(CC(=O)c3cc(F)cc(OC(F)(F)F)c3)c2)c2cc(-c3cn4nc(OC)sc4n3)oc2c1. The summed E-state index contributed by atoms with van der Waals surface area (Å²) in [4.78, 5) is 18.0. The second-order valence-corrected chi connectivity index (χ2v) is 10.4. The average molecular weight is 628 g/mol. The van der Waals surface area contributed by atoms with Crippen molar-refractivity contribution in [2.75, 3.05) is 14.2 Å². The molecule has 14 heteroatoms. The van der Waals surface area contributed by atoms with Gasteiger partial charge in [0.2, 0.25) is 4.96 Å². The van der Waals surface area contributed by atoms with Crippen molar-refractivity contribution in [3.63, 3.8) is 0 Å². The number of alkyl halides is 3. The molecule has 6 aromatic rings. The maximum atomic E-state index is 13.9. The van der Waals surface area contributed by atoms with E-state index in [0.29, 0.717) is 61.3 Å². The van der Waals surface area contributed by atoms with Gasteiger partial charge in [0.15, 0.2) is 11.5 Å². The van der Waals surface area contributed by atoms with Crippen LogP contribution in [-0.4, -0.2) is 41.0 Å². The number of furan rings is 1. The Morgan fingerprint density at radius 3 is 2.57 bits per heavy atom. The molecule has 3 heterocycles. The molecular formula is C30H21F4N3O6S. The molecule has 44 heavy (non-hydrogen) atoms. The number of imidazole rings is 1. The smallest absolute Gasteiger partial charge is 0.496 e. The van der Waals surface area contributed by atoms with E-state index in [4.69, 9.17) is 18.6 Å². The lowest BCUT2D eigenvalue weighted by molar-refractivity contribution is -0.274. The van der Waals surface area contributed by atoms with E-state index in [9.17, 15) is 22.4 Å². The molecule has 0 N–H and O–H groups in total. The van der Waals surface area contributed by atoms with Gasteiger partial charge in [-0.3, -0.25) is 4.79 Å². The quantitative estimate of drug-likeness (QED) is 0.116. The summed E-state index contributed by atoms with van der Waals surface area (Å²) >= 11 is 1.29. The number of halogens is 4. The maximum Gasteiger partial charge on any atom is 0.573 e. The summed E-state index contributed by atoms with van der Waals surface area (Å²) < 4.78 is 79.8. The van der Waals surface area contributed by atoms with Crippen molar-refractivity contribution in [3.05, 3.63) is 89.4 Å². The van der Waals surface area contributed by atoms with Crippen LogP contribution in [0.4, 0.5) is 17.6 Å². The predicted molar refractivity (Wildman–Crippen MR) is 151 cm³/mol. The first kappa shape index (κ1) is 29.0. The number of benzene rings is 3. The van der Waals surface area contributed by atoms with Crippen LogP contribution >= 0.6 is 11.3 Å². The number of hydrogen-bond acceptors (Lipinski definition) is 9. The van der Waals surface area contributed by atoms with E-state index in [0.717, 1.165) is 12.1 Å². The molecule has 0 fully saturated rings. The van der Waals surface area contributed by atoms with Crippen LogP contribution in [0.3, 0.4) is 0 Å². The van der Waals surface area contributed by atoms with Crippen molar-refractivity contribution in [3.8, 4) is 33.9 Å². The van der Waals surface area contributed by atoms with Gasteiger partial charge in [-0.05, 0) is 40.7 Å². The van der Waals surface area contributed by atoms with E-state index in [1.807, 2.05) is 0 Å². The van der Waals surface area contributed by atoms with Gasteiger partial charge >= 0.3 is 6.36 Å². The number of carbonyl (C=O) groups is 1. The number of ether oxygens (including phenoxy) is 4. The minimum absolute atomic E-state index is 0.109. The monoisotopic (exact) mass is 627 g/mol. The Hall–Kier alpha value is -5.11. The Labute approximate surface area is 250 Å². The maximum absolute atomic E-state index is 13.9. The molecule has 3 aromatic carbocycles. The molecule has 0 radical (unpaired) electrons. The summed E-state index contributed by atoms with van der Waals surface area (Å²) in [6, 6.07) is 14.5. The fraction of sp³-hybridized carbons (Fsp3) is 0.167. The summed E-state index contributed by atoms with van der Waals surface area (Å²) in [6.45, 7) is 0.109. The number of ketones is 1. The summed E-state index contributed by atoms with van der Waals surface area (Å²) in [5, 5.41) is 5.44. The summed E-state index contributed by atoms with van der Waals surface area (Å²) in [5.41, 5.74) is 2.11. The molecule has 0 saturated carbocycles. The molecule has 0 aliphatic heterocycles. The number of hydrogen-bond donors (Lipinski definition) is 0. The zero-order chi connectivity index (χ0) is 31.0. The second-order valence-electron chi connectivity index (χ2n) is 9.51. The van der Waals surface area contributed by atoms with Crippen molar-refractivity contribution >= 4 is 33.1 Å². The standard InChI is InChI=1S/C30H21F4N3O6S/c1-39-20-11-25(22-13-27(42-26(22)12-20)23-14-37-28(35-23)44-29(36-37)40-2)41-15-17-5-3-4-16(6-17)7-24(38)18-8-19(31)10-21(9-18)43-30(32,33)34/h3-6,8-14H,7,15H2,1-2H3. The molecule has 3 aromatic heterocycles. The van der Waals surface area contributed by atoms with Gasteiger partial charge in [0.25, 0.3) is 5.19 Å². The topological polar surface area (TPSA) is 97.3 Å². The van der Waals surface area contributed by atoms with Gasteiger partial charge in [-0.2, -0.15) is 0 Å². The Morgan fingerprint density at radius 2 is 1.82 bits per heavy atom. The number of aromatic nitrogens is 3. The lowest BCUT2D eigenvalue weighted by atomic mass is 10.0. The largest absolute Gasteiger partial charge is 0.573 e. The fourth-order valence-electron chi connectivity index (χ4n) is 4.52. The minimum Gasteiger partial charge on any atom is -0.496 e. The van der Waals surface area contributed by atoms with Gasteiger partial charge in [0.1, 0.15) is 40.9 Å². The highest BCUT2D eigenvalue weighted by atomic mass is 32.1. The first-order valence-electron chi connectivity index (χ1n) is 12.9. The van der Waals surface area contributed by atoms with Gasteiger partial charge in [0, 0.05) is 30.2 Å². The molecule has 226 valence electrons. The highest BCUT2D eigenvalue weighted by Gasteiger charge is 2.31. The zero-order valence-electron chi connectivity index (χ0n) is 23.0. The summed E-state index contributed by atoms with van der Waals surface area (Å²) in [5.74, 6) is -0.921. The van der Waals surface area contributed by atoms with Crippen molar-refractivity contribution in [1.29, 1.82) is 0 Å². The number of methoxy groups -OCH3 is 2. The average Bonchev–Trinajstić information content (AvgIpc) is 3.68. The molecule has 6 rings (SSSR count). The van der Waals surface area contributed by atoms with E-state index in [-0.39, 0.29) is 18.6 Å². The van der Waals surface area contributed by atoms with Crippen molar-refractivity contribution in [2.45, 2.75) is 19.4 Å². The number of fused-ring (bicyclic) bond motifs is 2. The molecule has 9 nitrogen and oxygen atoms in total. The minimum atomic E-state index is -5.02. The molecule has 0 amide bonds. The Morgan fingerprint density at radius 1 is 1.00 bits per heavy atom. The van der Waals surface area contributed by atoms with Crippen LogP contribution in [0, 0.1) is 5.82 Å². The zero-order valence-corrected chi connectivity index (χ0v) is 23.8. The molecule has 0 spiro atoms. The molecule has 0 aliphatic carbocycles. The molecule has 0 atom stereocenters. The lowest BCUT2D eigenvalue weighted by Crippen LogP contribution is -2.17. The van der Waals surface area contributed by atoms with E-state index >= 15 is 0 Å². The van der Waals surface area contributed by atoms with Crippen LogP contribution in [-0.2, 0) is 13.0 Å². The molecule has 0 bridgehead atoms. The van der Waals surface area contributed by atoms with Crippen LogP contribution in [0.1, 0.15) is 21.5 Å². The Kier molecular flexibility index (Phi) is 7.59. The van der Waals surface area contributed by atoms with Gasteiger partial charge in [-0.25, -0.2) is 13.9 Å². The van der Waals surface area contributed by atoms with E-state index in [2.05, 4.69) is 14.8 Å².